The molecule has 0 aromatic carbocycles. The number of aryl methyl sites for hydroxylation is 1. The van der Waals surface area contributed by atoms with E-state index < -0.39 is 0 Å². The first-order chi connectivity index (χ1) is 9.74. The number of piperidine rings is 1. The Bertz CT molecular complexity index is 595. The standard InChI is InChI=1S/C14H17N3O2S.2ClH/c1-9-12(13(18)16-10-4-6-15-7-5-10)17-14(20-9)11-3-2-8-19-11;;/h2-3,8,10,15H,4-7H2,1H3,(H,16,18);2*1H. The molecule has 0 saturated carbocycles. The summed E-state index contributed by atoms with van der Waals surface area (Å²) in [5, 5.41) is 7.11. The Labute approximate surface area is 145 Å². The number of carbonyl (C=O) groups excluding carboxylic acids is 1. The number of thiazole rings is 1. The van der Waals surface area contributed by atoms with Crippen LogP contribution < -0.4 is 10.6 Å². The van der Waals surface area contributed by atoms with Crippen molar-refractivity contribution in [2.45, 2.75) is 25.8 Å². The zero-order valence-corrected chi connectivity index (χ0v) is 14.6. The highest BCUT2D eigenvalue weighted by atomic mass is 35.5. The van der Waals surface area contributed by atoms with Gasteiger partial charge in [-0.05, 0) is 45.0 Å². The maximum atomic E-state index is 12.3. The first kappa shape index (κ1) is 19.0. The number of nitrogens with one attached hydrogen (secondary N) is 2. The van der Waals surface area contributed by atoms with E-state index in [1.807, 2.05) is 19.1 Å². The molecule has 22 heavy (non-hydrogen) atoms. The van der Waals surface area contributed by atoms with Crippen molar-refractivity contribution in [3.05, 3.63) is 29.0 Å². The van der Waals surface area contributed by atoms with Crippen LogP contribution in [0, 0.1) is 6.92 Å². The molecule has 1 saturated heterocycles. The minimum atomic E-state index is -0.0801. The monoisotopic (exact) mass is 363 g/mol. The van der Waals surface area contributed by atoms with Crippen LogP contribution in [0.3, 0.4) is 0 Å². The van der Waals surface area contributed by atoms with Crippen molar-refractivity contribution in [2.24, 2.45) is 0 Å². The first-order valence-corrected chi connectivity index (χ1v) is 7.58. The van der Waals surface area contributed by atoms with Crippen molar-refractivity contribution in [3.63, 3.8) is 0 Å². The summed E-state index contributed by atoms with van der Waals surface area (Å²) in [6, 6.07) is 3.92. The van der Waals surface area contributed by atoms with Crippen molar-refractivity contribution < 1.29 is 9.21 Å². The second-order valence-electron chi connectivity index (χ2n) is 4.90. The SMILES string of the molecule is Cc1sc(-c2ccco2)nc1C(=O)NC1CCNCC1.Cl.Cl. The topological polar surface area (TPSA) is 67.2 Å². The molecule has 0 aliphatic carbocycles. The van der Waals surface area contributed by atoms with E-state index >= 15 is 0 Å². The van der Waals surface area contributed by atoms with Gasteiger partial charge in [0, 0.05) is 10.9 Å². The van der Waals surface area contributed by atoms with E-state index in [1.54, 1.807) is 6.26 Å². The molecule has 2 N–H and O–H groups in total. The van der Waals surface area contributed by atoms with Gasteiger partial charge in [0.2, 0.25) is 0 Å². The van der Waals surface area contributed by atoms with E-state index in [0.717, 1.165) is 35.8 Å². The molecule has 2 aromatic heterocycles. The van der Waals surface area contributed by atoms with Gasteiger partial charge in [0.25, 0.3) is 5.91 Å². The van der Waals surface area contributed by atoms with Crippen LogP contribution in [-0.2, 0) is 0 Å². The third-order valence-corrected chi connectivity index (χ3v) is 4.40. The molecule has 1 aliphatic heterocycles. The minimum Gasteiger partial charge on any atom is -0.462 e. The normalized spacial score (nSPS) is 14.8. The Morgan fingerprint density at radius 3 is 2.77 bits per heavy atom. The zero-order chi connectivity index (χ0) is 13.9. The summed E-state index contributed by atoms with van der Waals surface area (Å²) in [5.74, 6) is 0.627. The number of hydrogen-bond donors (Lipinski definition) is 2. The van der Waals surface area contributed by atoms with Crippen molar-refractivity contribution in [1.29, 1.82) is 0 Å². The van der Waals surface area contributed by atoms with Gasteiger partial charge in [-0.3, -0.25) is 4.79 Å². The molecule has 3 heterocycles. The molecule has 0 bridgehead atoms. The van der Waals surface area contributed by atoms with E-state index in [1.165, 1.54) is 11.3 Å². The average Bonchev–Trinajstić information content (AvgIpc) is 3.08. The van der Waals surface area contributed by atoms with Crippen LogP contribution in [0.2, 0.25) is 0 Å². The summed E-state index contributed by atoms with van der Waals surface area (Å²) >= 11 is 1.48. The molecule has 0 unspecified atom stereocenters. The van der Waals surface area contributed by atoms with Crippen LogP contribution in [0.25, 0.3) is 10.8 Å². The number of carbonyl (C=O) groups is 1. The van der Waals surface area contributed by atoms with Gasteiger partial charge in [-0.1, -0.05) is 0 Å². The molecule has 8 heteroatoms. The van der Waals surface area contributed by atoms with Crippen LogP contribution >= 0.6 is 36.2 Å². The summed E-state index contributed by atoms with van der Waals surface area (Å²) in [6.45, 7) is 3.83. The van der Waals surface area contributed by atoms with Gasteiger partial charge in [0.1, 0.15) is 5.69 Å². The number of amides is 1. The lowest BCUT2D eigenvalue weighted by atomic mass is 10.1. The highest BCUT2D eigenvalue weighted by molar-refractivity contribution is 7.15. The van der Waals surface area contributed by atoms with Crippen LogP contribution in [0.5, 0.6) is 0 Å². The van der Waals surface area contributed by atoms with E-state index in [4.69, 9.17) is 4.42 Å². The summed E-state index contributed by atoms with van der Waals surface area (Å²) in [6.07, 6.45) is 3.56. The van der Waals surface area contributed by atoms with Gasteiger partial charge in [-0.15, -0.1) is 36.2 Å². The molecule has 2 aromatic rings. The molecule has 1 aliphatic rings. The summed E-state index contributed by atoms with van der Waals surface area (Å²) < 4.78 is 5.33. The van der Waals surface area contributed by atoms with Crippen molar-refractivity contribution in [3.8, 4) is 10.8 Å². The lowest BCUT2D eigenvalue weighted by Crippen LogP contribution is -2.42. The van der Waals surface area contributed by atoms with E-state index in [2.05, 4.69) is 15.6 Å². The third kappa shape index (κ3) is 4.23. The number of aromatic nitrogens is 1. The van der Waals surface area contributed by atoms with Gasteiger partial charge in [-0.2, -0.15) is 0 Å². The lowest BCUT2D eigenvalue weighted by Gasteiger charge is -2.23. The molecule has 0 spiro atoms. The highest BCUT2D eigenvalue weighted by Crippen LogP contribution is 2.27. The number of nitrogens with zero attached hydrogens (tertiary/aromatic N) is 1. The Morgan fingerprint density at radius 1 is 1.41 bits per heavy atom. The smallest absolute Gasteiger partial charge is 0.271 e. The summed E-state index contributed by atoms with van der Waals surface area (Å²) in [5.41, 5.74) is 0.514. The molecule has 1 amide bonds. The molecule has 1 fully saturated rings. The fraction of sp³-hybridized carbons (Fsp3) is 0.429. The van der Waals surface area contributed by atoms with Crippen LogP contribution in [-0.4, -0.2) is 30.0 Å². The quantitative estimate of drug-likeness (QED) is 0.879. The largest absolute Gasteiger partial charge is 0.462 e. The number of halogens is 2. The Hall–Kier alpha value is -1.08. The van der Waals surface area contributed by atoms with Crippen LogP contribution in [0.1, 0.15) is 28.2 Å². The molecule has 0 radical (unpaired) electrons. The van der Waals surface area contributed by atoms with Gasteiger partial charge in [0.05, 0.1) is 6.26 Å². The highest BCUT2D eigenvalue weighted by Gasteiger charge is 2.21. The van der Waals surface area contributed by atoms with Crippen LogP contribution in [0.4, 0.5) is 0 Å². The predicted molar refractivity (Wildman–Crippen MR) is 92.4 cm³/mol. The van der Waals surface area contributed by atoms with Gasteiger partial charge >= 0.3 is 0 Å². The average molecular weight is 364 g/mol. The fourth-order valence-corrected chi connectivity index (χ4v) is 3.21. The fourth-order valence-electron chi connectivity index (χ4n) is 2.33. The maximum Gasteiger partial charge on any atom is 0.271 e. The van der Waals surface area contributed by atoms with E-state index in [-0.39, 0.29) is 36.8 Å². The Morgan fingerprint density at radius 2 is 2.14 bits per heavy atom. The molecule has 3 rings (SSSR count). The third-order valence-electron chi connectivity index (χ3n) is 3.42. The zero-order valence-electron chi connectivity index (χ0n) is 12.1. The molecular formula is C14H19Cl2N3O2S. The van der Waals surface area contributed by atoms with Crippen molar-refractivity contribution in [2.75, 3.05) is 13.1 Å². The molecule has 0 atom stereocenters. The molecular weight excluding hydrogens is 345 g/mol. The molecule has 5 nitrogen and oxygen atoms in total. The first-order valence-electron chi connectivity index (χ1n) is 6.77. The Kier molecular flexibility index (Phi) is 7.35. The minimum absolute atomic E-state index is 0. The second-order valence-corrected chi connectivity index (χ2v) is 6.10. The second kappa shape index (κ2) is 8.53. The van der Waals surface area contributed by atoms with Crippen molar-refractivity contribution >= 4 is 42.1 Å². The van der Waals surface area contributed by atoms with Gasteiger partial charge in [-0.25, -0.2) is 4.98 Å². The maximum absolute atomic E-state index is 12.3. The van der Waals surface area contributed by atoms with Crippen molar-refractivity contribution in [1.82, 2.24) is 15.6 Å². The van der Waals surface area contributed by atoms with E-state index in [9.17, 15) is 4.79 Å². The van der Waals surface area contributed by atoms with E-state index in [0.29, 0.717) is 11.5 Å². The number of hydrogen-bond acceptors (Lipinski definition) is 5. The van der Waals surface area contributed by atoms with Gasteiger partial charge in [0.15, 0.2) is 10.8 Å². The number of furan rings is 1. The number of rotatable bonds is 3. The Balaban J connectivity index is 0.00000121. The van der Waals surface area contributed by atoms with Crippen LogP contribution in [0.15, 0.2) is 22.8 Å². The summed E-state index contributed by atoms with van der Waals surface area (Å²) in [7, 11) is 0. The molecule has 122 valence electrons. The van der Waals surface area contributed by atoms with Gasteiger partial charge < -0.3 is 15.1 Å². The summed E-state index contributed by atoms with van der Waals surface area (Å²) in [4.78, 5) is 17.6. The predicted octanol–water partition coefficient (Wildman–Crippen LogP) is 3.04. The lowest BCUT2D eigenvalue weighted by molar-refractivity contribution is 0.0924.